The van der Waals surface area contributed by atoms with E-state index in [-0.39, 0.29) is 0 Å². The first-order chi connectivity index (χ1) is 5.38. The van der Waals surface area contributed by atoms with Gasteiger partial charge in [-0.05, 0) is 12.1 Å². The summed E-state index contributed by atoms with van der Waals surface area (Å²) >= 11 is 0. The van der Waals surface area contributed by atoms with Crippen LogP contribution >= 0.6 is 0 Å². The fourth-order valence-corrected chi connectivity index (χ4v) is 0.747. The Morgan fingerprint density at radius 1 is 1.64 bits per heavy atom. The van der Waals surface area contributed by atoms with Crippen LogP contribution in [0.3, 0.4) is 0 Å². The van der Waals surface area contributed by atoms with Crippen LogP contribution in [0.15, 0.2) is 30.6 Å². The second-order valence-corrected chi connectivity index (χ2v) is 1.94. The Balaban J connectivity index is 3.21. The molecular formula is C9H7NO. The van der Waals surface area contributed by atoms with Crippen LogP contribution in [0.1, 0.15) is 16.1 Å². The number of carbonyl (C=O) groups is 1. The third-order valence-electron chi connectivity index (χ3n) is 1.24. The Hall–Kier alpha value is -1.66. The molecule has 1 heterocycles. The fraction of sp³-hybridized carbons (Fsp3) is 0. The molecule has 0 radical (unpaired) electrons. The van der Waals surface area contributed by atoms with Crippen molar-refractivity contribution in [3.8, 4) is 0 Å². The molecule has 0 spiro atoms. The highest BCUT2D eigenvalue weighted by atomic mass is 16.1. The van der Waals surface area contributed by atoms with Crippen LogP contribution in [0.5, 0.6) is 0 Å². The molecule has 0 amide bonds. The van der Waals surface area contributed by atoms with E-state index < -0.39 is 0 Å². The first kappa shape index (κ1) is 7.45. The number of aromatic nitrogens is 1. The van der Waals surface area contributed by atoms with Gasteiger partial charge in [-0.1, -0.05) is 6.58 Å². The highest BCUT2D eigenvalue weighted by Gasteiger charge is 1.95. The summed E-state index contributed by atoms with van der Waals surface area (Å²) in [6.45, 7) is 3.39. The van der Waals surface area contributed by atoms with Crippen molar-refractivity contribution in [3.05, 3.63) is 41.9 Å². The van der Waals surface area contributed by atoms with Gasteiger partial charge in [0.1, 0.15) is 0 Å². The van der Waals surface area contributed by atoms with E-state index in [2.05, 4.69) is 17.3 Å². The molecule has 2 nitrogen and oxygen atoms in total. The molecule has 1 rings (SSSR count). The highest BCUT2D eigenvalue weighted by Crippen LogP contribution is 2.02. The molecule has 2 heteroatoms. The van der Waals surface area contributed by atoms with Crippen LogP contribution in [0.4, 0.5) is 0 Å². The van der Waals surface area contributed by atoms with E-state index in [0.717, 1.165) is 6.29 Å². The smallest absolute Gasteiger partial charge is 0.152 e. The molecule has 0 aromatic carbocycles. The maximum Gasteiger partial charge on any atom is 0.152 e. The molecule has 0 atom stereocenters. The van der Waals surface area contributed by atoms with Crippen molar-refractivity contribution in [1.82, 2.24) is 4.98 Å². The van der Waals surface area contributed by atoms with Gasteiger partial charge in [0.15, 0.2) is 6.29 Å². The van der Waals surface area contributed by atoms with Crippen LogP contribution in [0.2, 0.25) is 0 Å². The molecule has 0 aliphatic rings. The van der Waals surface area contributed by atoms with E-state index in [1.165, 1.54) is 0 Å². The molecular weight excluding hydrogens is 138 g/mol. The third kappa shape index (κ3) is 1.63. The van der Waals surface area contributed by atoms with Crippen LogP contribution in [0.25, 0.3) is 6.08 Å². The van der Waals surface area contributed by atoms with Crippen LogP contribution in [-0.2, 0) is 0 Å². The Bertz CT molecular complexity index is 311. The molecule has 1 aromatic heterocycles. The maximum atomic E-state index is 10.4. The quantitative estimate of drug-likeness (QED) is 0.468. The van der Waals surface area contributed by atoms with E-state index >= 15 is 0 Å². The molecule has 0 unspecified atom stereocenters. The highest BCUT2D eigenvalue weighted by molar-refractivity contribution is 5.80. The normalized spacial score (nSPS) is 8.36. The SMILES string of the molecule is C=C=Cc1ncccc1C=O. The Morgan fingerprint density at radius 3 is 3.09 bits per heavy atom. The largest absolute Gasteiger partial charge is 0.298 e. The van der Waals surface area contributed by atoms with E-state index in [9.17, 15) is 4.79 Å². The molecule has 0 saturated heterocycles. The van der Waals surface area contributed by atoms with E-state index in [1.807, 2.05) is 0 Å². The van der Waals surface area contributed by atoms with Gasteiger partial charge < -0.3 is 0 Å². The van der Waals surface area contributed by atoms with E-state index in [0.29, 0.717) is 11.3 Å². The number of carbonyl (C=O) groups excluding carboxylic acids is 1. The molecule has 1 aromatic rings. The van der Waals surface area contributed by atoms with Crippen LogP contribution < -0.4 is 0 Å². The third-order valence-corrected chi connectivity index (χ3v) is 1.24. The summed E-state index contributed by atoms with van der Waals surface area (Å²) in [6, 6.07) is 3.41. The van der Waals surface area contributed by atoms with Gasteiger partial charge in [-0.3, -0.25) is 9.78 Å². The summed E-state index contributed by atoms with van der Waals surface area (Å²) in [4.78, 5) is 14.3. The molecule has 11 heavy (non-hydrogen) atoms. The number of hydrogen-bond donors (Lipinski definition) is 0. The summed E-state index contributed by atoms with van der Waals surface area (Å²) in [5.74, 6) is 0. The van der Waals surface area contributed by atoms with Crippen molar-refractivity contribution in [3.63, 3.8) is 0 Å². The molecule has 0 aliphatic heterocycles. The topological polar surface area (TPSA) is 30.0 Å². The van der Waals surface area contributed by atoms with Gasteiger partial charge in [0, 0.05) is 17.8 Å². The Morgan fingerprint density at radius 2 is 2.45 bits per heavy atom. The lowest BCUT2D eigenvalue weighted by Crippen LogP contribution is -1.87. The lowest BCUT2D eigenvalue weighted by Gasteiger charge is -1.92. The average Bonchev–Trinajstić information content (AvgIpc) is 2.06. The molecule has 0 saturated carbocycles. The van der Waals surface area contributed by atoms with E-state index in [4.69, 9.17) is 0 Å². The number of pyridine rings is 1. The van der Waals surface area contributed by atoms with Gasteiger partial charge in [0.2, 0.25) is 0 Å². The second-order valence-electron chi connectivity index (χ2n) is 1.94. The predicted octanol–water partition coefficient (Wildman–Crippen LogP) is 1.69. The summed E-state index contributed by atoms with van der Waals surface area (Å²) in [6.07, 6.45) is 3.95. The van der Waals surface area contributed by atoms with Crippen molar-refractivity contribution < 1.29 is 4.79 Å². The van der Waals surface area contributed by atoms with Gasteiger partial charge in [0.25, 0.3) is 0 Å². The van der Waals surface area contributed by atoms with Crippen molar-refractivity contribution in [2.75, 3.05) is 0 Å². The summed E-state index contributed by atoms with van der Waals surface area (Å²) < 4.78 is 0. The van der Waals surface area contributed by atoms with Gasteiger partial charge >= 0.3 is 0 Å². The Labute approximate surface area is 64.9 Å². The standard InChI is InChI=1S/C9H7NO/c1-2-4-9-8(7-11)5-3-6-10-9/h3-7H,1H2. The molecule has 0 N–H and O–H groups in total. The minimum absolute atomic E-state index is 0.559. The predicted molar refractivity (Wildman–Crippen MR) is 43.2 cm³/mol. The summed E-state index contributed by atoms with van der Waals surface area (Å²) in [5.41, 5.74) is 3.73. The zero-order chi connectivity index (χ0) is 8.10. The monoisotopic (exact) mass is 145 g/mol. The zero-order valence-electron chi connectivity index (χ0n) is 5.95. The van der Waals surface area contributed by atoms with Crippen molar-refractivity contribution in [2.24, 2.45) is 0 Å². The number of rotatable bonds is 2. The molecule has 0 fully saturated rings. The van der Waals surface area contributed by atoms with Crippen LogP contribution in [-0.4, -0.2) is 11.3 Å². The molecule has 54 valence electrons. The summed E-state index contributed by atoms with van der Waals surface area (Å²) in [5, 5.41) is 0. The van der Waals surface area contributed by atoms with Gasteiger partial charge in [0.05, 0.1) is 5.69 Å². The van der Waals surface area contributed by atoms with Crippen molar-refractivity contribution >= 4 is 12.4 Å². The maximum absolute atomic E-state index is 10.4. The minimum atomic E-state index is 0.559. The zero-order valence-corrected chi connectivity index (χ0v) is 5.95. The van der Waals surface area contributed by atoms with Gasteiger partial charge in [-0.15, -0.1) is 5.73 Å². The first-order valence-electron chi connectivity index (χ1n) is 3.14. The second kappa shape index (κ2) is 3.49. The molecule has 0 bridgehead atoms. The van der Waals surface area contributed by atoms with E-state index in [1.54, 1.807) is 24.4 Å². The number of hydrogen-bond acceptors (Lipinski definition) is 2. The lowest BCUT2D eigenvalue weighted by atomic mass is 10.2. The lowest BCUT2D eigenvalue weighted by molar-refractivity contribution is 0.112. The van der Waals surface area contributed by atoms with Crippen molar-refractivity contribution in [2.45, 2.75) is 0 Å². The molecule has 0 aliphatic carbocycles. The number of aldehydes is 1. The fourth-order valence-electron chi connectivity index (χ4n) is 0.747. The first-order valence-corrected chi connectivity index (χ1v) is 3.14. The average molecular weight is 145 g/mol. The minimum Gasteiger partial charge on any atom is -0.298 e. The van der Waals surface area contributed by atoms with Gasteiger partial charge in [-0.25, -0.2) is 0 Å². The van der Waals surface area contributed by atoms with Gasteiger partial charge in [-0.2, -0.15) is 0 Å². The number of nitrogens with zero attached hydrogens (tertiary/aromatic N) is 1. The van der Waals surface area contributed by atoms with Crippen LogP contribution in [0, 0.1) is 0 Å². The summed E-state index contributed by atoms with van der Waals surface area (Å²) in [7, 11) is 0. The Kier molecular flexibility index (Phi) is 2.37. The van der Waals surface area contributed by atoms with Crippen molar-refractivity contribution in [1.29, 1.82) is 0 Å².